The number of aliphatic hydroxyl groups excluding tert-OH is 2. The van der Waals surface area contributed by atoms with Gasteiger partial charge in [-0.1, -0.05) is 0 Å². The summed E-state index contributed by atoms with van der Waals surface area (Å²) in [6.07, 6.45) is 1.06. The molecule has 2 aromatic heterocycles. The standard InChI is InChI=1S/C13H20N6O3/c1-14-8-7(4-20)22-13(10(8)21)19-6-17-9-11(18(2)3)15-5-16-12(9)19/h5-8,10,13-14,20-21H,4H2,1-3H3/t7-,8-,10-,13+/m1/s1. The molecule has 2 aromatic rings. The van der Waals surface area contributed by atoms with Crippen molar-refractivity contribution in [2.24, 2.45) is 0 Å². The molecular weight excluding hydrogens is 288 g/mol. The van der Waals surface area contributed by atoms with Gasteiger partial charge in [0, 0.05) is 14.1 Å². The predicted octanol–water partition coefficient (Wildman–Crippen LogP) is -1.27. The molecule has 0 amide bonds. The summed E-state index contributed by atoms with van der Waals surface area (Å²) in [4.78, 5) is 14.7. The lowest BCUT2D eigenvalue weighted by atomic mass is 10.1. The molecule has 0 spiro atoms. The van der Waals surface area contributed by atoms with Crippen LogP contribution in [0.25, 0.3) is 11.2 Å². The number of nitrogens with zero attached hydrogens (tertiary/aromatic N) is 5. The Labute approximate surface area is 127 Å². The normalized spacial score (nSPS) is 28.4. The summed E-state index contributed by atoms with van der Waals surface area (Å²) in [7, 11) is 5.47. The lowest BCUT2D eigenvalue weighted by Crippen LogP contribution is -2.43. The fourth-order valence-electron chi connectivity index (χ4n) is 2.84. The average Bonchev–Trinajstić information content (AvgIpc) is 3.07. The van der Waals surface area contributed by atoms with E-state index >= 15 is 0 Å². The van der Waals surface area contributed by atoms with Crippen LogP contribution in [0.15, 0.2) is 12.7 Å². The van der Waals surface area contributed by atoms with Crippen LogP contribution in [-0.4, -0.2) is 75.7 Å². The van der Waals surface area contributed by atoms with Crippen molar-refractivity contribution in [3.63, 3.8) is 0 Å². The zero-order valence-corrected chi connectivity index (χ0v) is 12.7. The van der Waals surface area contributed by atoms with Crippen LogP contribution in [-0.2, 0) is 4.74 Å². The van der Waals surface area contributed by atoms with Gasteiger partial charge in [0.05, 0.1) is 19.0 Å². The minimum atomic E-state index is -0.822. The number of anilines is 1. The highest BCUT2D eigenvalue weighted by molar-refractivity contribution is 5.83. The first-order chi connectivity index (χ1) is 10.6. The van der Waals surface area contributed by atoms with Crippen LogP contribution >= 0.6 is 0 Å². The fraction of sp³-hybridized carbons (Fsp3) is 0.615. The van der Waals surface area contributed by atoms with E-state index in [1.165, 1.54) is 6.33 Å². The molecule has 1 aliphatic heterocycles. The van der Waals surface area contributed by atoms with E-state index in [2.05, 4.69) is 20.3 Å². The maximum Gasteiger partial charge on any atom is 0.167 e. The molecule has 3 N–H and O–H groups in total. The van der Waals surface area contributed by atoms with E-state index in [4.69, 9.17) is 4.74 Å². The van der Waals surface area contributed by atoms with Crippen LogP contribution in [0.2, 0.25) is 0 Å². The van der Waals surface area contributed by atoms with Gasteiger partial charge in [-0.25, -0.2) is 15.0 Å². The molecule has 4 atom stereocenters. The average molecular weight is 308 g/mol. The number of rotatable bonds is 4. The van der Waals surface area contributed by atoms with E-state index in [0.29, 0.717) is 17.0 Å². The highest BCUT2D eigenvalue weighted by atomic mass is 16.5. The Hall–Kier alpha value is -1.81. The quantitative estimate of drug-likeness (QED) is 0.642. The summed E-state index contributed by atoms with van der Waals surface area (Å²) >= 11 is 0. The predicted molar refractivity (Wildman–Crippen MR) is 79.5 cm³/mol. The van der Waals surface area contributed by atoms with Crippen molar-refractivity contribution in [3.8, 4) is 0 Å². The number of nitrogens with one attached hydrogen (secondary N) is 1. The van der Waals surface area contributed by atoms with Crippen LogP contribution in [0.3, 0.4) is 0 Å². The van der Waals surface area contributed by atoms with Gasteiger partial charge in [0.15, 0.2) is 23.2 Å². The molecule has 0 saturated carbocycles. The topological polar surface area (TPSA) is 109 Å². The van der Waals surface area contributed by atoms with Crippen LogP contribution < -0.4 is 10.2 Å². The molecule has 0 aromatic carbocycles. The second-order valence-corrected chi connectivity index (χ2v) is 5.47. The Balaban J connectivity index is 2.03. The monoisotopic (exact) mass is 308 g/mol. The first kappa shape index (κ1) is 15.1. The van der Waals surface area contributed by atoms with Crippen LogP contribution in [0, 0.1) is 0 Å². The second kappa shape index (κ2) is 5.76. The van der Waals surface area contributed by atoms with Gasteiger partial charge in [-0.3, -0.25) is 4.57 Å². The molecule has 0 unspecified atom stereocenters. The third-order valence-corrected chi connectivity index (χ3v) is 3.93. The number of hydrogen-bond acceptors (Lipinski definition) is 8. The molecule has 9 heteroatoms. The van der Waals surface area contributed by atoms with Crippen molar-refractivity contribution in [2.75, 3.05) is 32.6 Å². The maximum atomic E-state index is 10.5. The molecule has 1 saturated heterocycles. The summed E-state index contributed by atoms with van der Waals surface area (Å²) in [6, 6.07) is -0.359. The summed E-state index contributed by atoms with van der Waals surface area (Å²) in [5, 5.41) is 22.8. The smallest absolute Gasteiger partial charge is 0.167 e. The Bertz CT molecular complexity index is 660. The summed E-state index contributed by atoms with van der Waals surface area (Å²) < 4.78 is 7.44. The third kappa shape index (κ3) is 2.22. The number of ether oxygens (including phenoxy) is 1. The van der Waals surface area contributed by atoms with E-state index in [1.807, 2.05) is 19.0 Å². The van der Waals surface area contributed by atoms with Crippen molar-refractivity contribution < 1.29 is 14.9 Å². The van der Waals surface area contributed by atoms with E-state index in [-0.39, 0.29) is 12.6 Å². The molecule has 22 heavy (non-hydrogen) atoms. The fourth-order valence-corrected chi connectivity index (χ4v) is 2.84. The third-order valence-electron chi connectivity index (χ3n) is 3.93. The first-order valence-electron chi connectivity index (χ1n) is 7.05. The van der Waals surface area contributed by atoms with Gasteiger partial charge in [-0.15, -0.1) is 0 Å². The van der Waals surface area contributed by atoms with Crippen molar-refractivity contribution >= 4 is 17.0 Å². The van der Waals surface area contributed by atoms with Crippen LogP contribution in [0.4, 0.5) is 5.82 Å². The summed E-state index contributed by atoms with van der Waals surface area (Å²) in [5.74, 6) is 0.695. The number of imidazole rings is 1. The number of hydrogen-bond donors (Lipinski definition) is 3. The molecule has 0 radical (unpaired) electrons. The largest absolute Gasteiger partial charge is 0.394 e. The van der Waals surface area contributed by atoms with Crippen LogP contribution in [0.5, 0.6) is 0 Å². The lowest BCUT2D eigenvalue weighted by Gasteiger charge is -2.18. The van der Waals surface area contributed by atoms with Crippen molar-refractivity contribution in [1.82, 2.24) is 24.8 Å². The number of aliphatic hydroxyl groups is 2. The maximum absolute atomic E-state index is 10.5. The summed E-state index contributed by atoms with van der Waals surface area (Å²) in [5.41, 5.74) is 1.22. The SMILES string of the molecule is CN[C@H]1[C@@H](O)[C@@H](n2cnc3c(N(C)C)ncnc32)O[C@@H]1CO. The highest BCUT2D eigenvalue weighted by Gasteiger charge is 2.44. The molecule has 120 valence electrons. The van der Waals surface area contributed by atoms with Gasteiger partial charge in [0.25, 0.3) is 0 Å². The molecule has 3 rings (SSSR count). The molecule has 0 bridgehead atoms. The highest BCUT2D eigenvalue weighted by Crippen LogP contribution is 2.32. The lowest BCUT2D eigenvalue weighted by molar-refractivity contribution is -0.0489. The first-order valence-corrected chi connectivity index (χ1v) is 7.05. The zero-order valence-electron chi connectivity index (χ0n) is 12.7. The molecule has 1 fully saturated rings. The van der Waals surface area contributed by atoms with E-state index in [0.717, 1.165) is 0 Å². The molecular formula is C13H20N6O3. The Morgan fingerprint density at radius 3 is 2.73 bits per heavy atom. The van der Waals surface area contributed by atoms with E-state index in [1.54, 1.807) is 17.9 Å². The Morgan fingerprint density at radius 2 is 2.14 bits per heavy atom. The molecule has 3 heterocycles. The van der Waals surface area contributed by atoms with E-state index in [9.17, 15) is 10.2 Å². The van der Waals surface area contributed by atoms with Gasteiger partial charge >= 0.3 is 0 Å². The Morgan fingerprint density at radius 1 is 1.36 bits per heavy atom. The number of aromatic nitrogens is 4. The van der Waals surface area contributed by atoms with Crippen LogP contribution in [0.1, 0.15) is 6.23 Å². The van der Waals surface area contributed by atoms with Crippen molar-refractivity contribution in [3.05, 3.63) is 12.7 Å². The molecule has 9 nitrogen and oxygen atoms in total. The molecule has 0 aliphatic carbocycles. The van der Waals surface area contributed by atoms with Crippen molar-refractivity contribution in [2.45, 2.75) is 24.5 Å². The minimum absolute atomic E-state index is 0.177. The van der Waals surface area contributed by atoms with Gasteiger partial charge in [-0.2, -0.15) is 0 Å². The zero-order chi connectivity index (χ0) is 15.9. The number of likely N-dealkylation sites (N-methyl/N-ethyl adjacent to an activating group) is 1. The van der Waals surface area contributed by atoms with Gasteiger partial charge in [0.1, 0.15) is 18.5 Å². The van der Waals surface area contributed by atoms with Crippen molar-refractivity contribution in [1.29, 1.82) is 0 Å². The molecule has 1 aliphatic rings. The van der Waals surface area contributed by atoms with Gasteiger partial charge in [0.2, 0.25) is 0 Å². The summed E-state index contributed by atoms with van der Waals surface area (Å²) in [6.45, 7) is -0.177. The minimum Gasteiger partial charge on any atom is -0.394 e. The van der Waals surface area contributed by atoms with Gasteiger partial charge < -0.3 is 25.2 Å². The second-order valence-electron chi connectivity index (χ2n) is 5.47. The van der Waals surface area contributed by atoms with Gasteiger partial charge in [-0.05, 0) is 7.05 Å². The Kier molecular flexibility index (Phi) is 3.96. The number of fused-ring (bicyclic) bond motifs is 1. The van der Waals surface area contributed by atoms with E-state index < -0.39 is 18.4 Å².